The van der Waals surface area contributed by atoms with Crippen LogP contribution in [0.3, 0.4) is 0 Å². The number of rotatable bonds is 6. The van der Waals surface area contributed by atoms with Crippen molar-refractivity contribution < 1.29 is 19.8 Å². The number of hydrogen-bond acceptors (Lipinski definition) is 4. The van der Waals surface area contributed by atoms with Crippen LogP contribution >= 0.6 is 0 Å². The van der Waals surface area contributed by atoms with Crippen LogP contribution < -0.4 is 5.32 Å². The quantitative estimate of drug-likeness (QED) is 0.397. The minimum absolute atomic E-state index is 0.00264. The van der Waals surface area contributed by atoms with Crippen LogP contribution in [0.4, 0.5) is 5.69 Å². The number of benzene rings is 1. The summed E-state index contributed by atoms with van der Waals surface area (Å²) in [5, 5.41) is 24.7. The summed E-state index contributed by atoms with van der Waals surface area (Å²) >= 11 is 0. The highest BCUT2D eigenvalue weighted by Gasteiger charge is 2.62. The number of hydrogen-bond donors (Lipinski definition) is 3. The number of nitrogens with one attached hydrogen (secondary N) is 1. The molecule has 0 aliphatic heterocycles. The van der Waals surface area contributed by atoms with Crippen molar-refractivity contribution in [2.75, 3.05) is 5.32 Å². The lowest BCUT2D eigenvalue weighted by molar-refractivity contribution is -0.174. The Labute approximate surface area is 222 Å². The zero-order chi connectivity index (χ0) is 26.5. The molecule has 0 spiro atoms. The second kappa shape index (κ2) is 10.1. The first-order valence-corrected chi connectivity index (χ1v) is 14.8. The van der Waals surface area contributed by atoms with Crippen LogP contribution in [-0.2, 0) is 4.79 Å². The average Bonchev–Trinajstić information content (AvgIpc) is 3.21. The van der Waals surface area contributed by atoms with Crippen LogP contribution in [-0.4, -0.2) is 34.1 Å². The van der Waals surface area contributed by atoms with E-state index in [9.17, 15) is 19.8 Å². The molecule has 4 aliphatic carbocycles. The van der Waals surface area contributed by atoms with Gasteiger partial charge in [-0.1, -0.05) is 32.9 Å². The second-order valence-electron chi connectivity index (χ2n) is 13.7. The Kier molecular flexibility index (Phi) is 7.34. The van der Waals surface area contributed by atoms with Gasteiger partial charge in [0.2, 0.25) is 5.91 Å². The first-order valence-electron chi connectivity index (χ1n) is 14.8. The molecule has 4 aliphatic rings. The van der Waals surface area contributed by atoms with Crippen molar-refractivity contribution in [2.24, 2.45) is 46.3 Å². The summed E-state index contributed by atoms with van der Waals surface area (Å²) < 4.78 is 0. The lowest BCUT2D eigenvalue weighted by Gasteiger charge is -2.62. The predicted octanol–water partition coefficient (Wildman–Crippen LogP) is 6.23. The number of aliphatic hydroxyl groups is 2. The number of carbonyl (C=O) groups excluding carboxylic acids is 2. The van der Waals surface area contributed by atoms with E-state index in [1.165, 1.54) is 32.6 Å². The standard InChI is InChI=1S/C32H47NO4/c1-19(8-11-29(37)33-23-7-5-6-21(16-23)20(2)34)25-9-10-26-30-27(13-15-32(25,26)4)31(3)14-12-24(35)17-22(31)18-28(30)36/h5-7,16,19,22,24-28,30,35-36H,8-15,17-18H2,1-4H3,(H,33,37). The number of aliphatic hydroxyl groups excluding tert-OH is 2. The zero-order valence-electron chi connectivity index (χ0n) is 23.2. The molecular formula is C32H47NO4. The van der Waals surface area contributed by atoms with Gasteiger partial charge in [0.15, 0.2) is 5.78 Å². The number of carbonyl (C=O) groups is 2. The molecule has 1 aromatic carbocycles. The van der Waals surface area contributed by atoms with E-state index in [1.807, 2.05) is 12.1 Å². The second-order valence-corrected chi connectivity index (χ2v) is 13.7. The minimum Gasteiger partial charge on any atom is -0.393 e. The van der Waals surface area contributed by atoms with Gasteiger partial charge in [-0.2, -0.15) is 0 Å². The molecule has 10 atom stereocenters. The summed E-state index contributed by atoms with van der Waals surface area (Å²) in [6, 6.07) is 7.16. The molecule has 0 heterocycles. The molecule has 4 saturated carbocycles. The molecule has 37 heavy (non-hydrogen) atoms. The molecule has 4 fully saturated rings. The third-order valence-corrected chi connectivity index (χ3v) is 11.8. The molecule has 0 radical (unpaired) electrons. The molecule has 5 nitrogen and oxygen atoms in total. The van der Waals surface area contributed by atoms with Gasteiger partial charge in [-0.25, -0.2) is 0 Å². The van der Waals surface area contributed by atoms with Crippen molar-refractivity contribution in [3.05, 3.63) is 29.8 Å². The number of ketones is 1. The SMILES string of the molecule is CC(=O)c1cccc(NC(=O)CCC(C)C2CCC3C4C(O)CC5CC(O)CCC5(C)C4CCC23C)c1. The Hall–Kier alpha value is -1.72. The summed E-state index contributed by atoms with van der Waals surface area (Å²) in [4.78, 5) is 24.4. The van der Waals surface area contributed by atoms with E-state index in [0.717, 1.165) is 32.1 Å². The Balaban J connectivity index is 1.23. The van der Waals surface area contributed by atoms with E-state index in [1.54, 1.807) is 12.1 Å². The smallest absolute Gasteiger partial charge is 0.224 e. The van der Waals surface area contributed by atoms with E-state index in [4.69, 9.17) is 0 Å². The molecule has 3 N–H and O–H groups in total. The molecule has 0 aromatic heterocycles. The zero-order valence-corrected chi connectivity index (χ0v) is 23.2. The summed E-state index contributed by atoms with van der Waals surface area (Å²) in [5.74, 6) is 2.99. The Bertz CT molecular complexity index is 1020. The van der Waals surface area contributed by atoms with Crippen molar-refractivity contribution in [3.63, 3.8) is 0 Å². The van der Waals surface area contributed by atoms with Gasteiger partial charge in [-0.3, -0.25) is 9.59 Å². The highest BCUT2D eigenvalue weighted by molar-refractivity contribution is 5.97. The molecule has 5 heteroatoms. The molecule has 0 bridgehead atoms. The first-order chi connectivity index (χ1) is 17.5. The van der Waals surface area contributed by atoms with Crippen LogP contribution in [0.1, 0.15) is 102 Å². The number of anilines is 1. The Morgan fingerprint density at radius 3 is 2.51 bits per heavy atom. The van der Waals surface area contributed by atoms with Crippen LogP contribution in [0.5, 0.6) is 0 Å². The highest BCUT2D eigenvalue weighted by Crippen LogP contribution is 2.68. The van der Waals surface area contributed by atoms with Gasteiger partial charge in [0, 0.05) is 17.7 Å². The third kappa shape index (κ3) is 4.80. The van der Waals surface area contributed by atoms with Crippen LogP contribution in [0.2, 0.25) is 0 Å². The lowest BCUT2D eigenvalue weighted by atomic mass is 9.43. The van der Waals surface area contributed by atoms with E-state index in [-0.39, 0.29) is 34.7 Å². The largest absolute Gasteiger partial charge is 0.393 e. The van der Waals surface area contributed by atoms with E-state index < -0.39 is 0 Å². The first kappa shape index (κ1) is 26.9. The average molecular weight is 510 g/mol. The lowest BCUT2D eigenvalue weighted by Crippen LogP contribution is -2.58. The molecule has 5 rings (SSSR count). The monoisotopic (exact) mass is 509 g/mol. The molecule has 10 unspecified atom stereocenters. The summed E-state index contributed by atoms with van der Waals surface area (Å²) in [7, 11) is 0. The van der Waals surface area contributed by atoms with Crippen LogP contribution in [0.25, 0.3) is 0 Å². The van der Waals surface area contributed by atoms with Crippen LogP contribution in [0, 0.1) is 46.3 Å². The van der Waals surface area contributed by atoms with Gasteiger partial charge < -0.3 is 15.5 Å². The predicted molar refractivity (Wildman–Crippen MR) is 146 cm³/mol. The molecule has 1 amide bonds. The number of Topliss-reactive ketones (excluding diaryl/α,β-unsaturated/α-hetero) is 1. The summed E-state index contributed by atoms with van der Waals surface area (Å²) in [6.45, 7) is 8.82. The molecular weight excluding hydrogens is 462 g/mol. The maximum Gasteiger partial charge on any atom is 0.224 e. The van der Waals surface area contributed by atoms with Crippen molar-refractivity contribution >= 4 is 17.4 Å². The molecule has 204 valence electrons. The summed E-state index contributed by atoms with van der Waals surface area (Å²) in [5.41, 5.74) is 1.78. The third-order valence-electron chi connectivity index (χ3n) is 11.8. The Morgan fingerprint density at radius 2 is 1.76 bits per heavy atom. The molecule has 0 saturated heterocycles. The molecule has 1 aromatic rings. The maximum atomic E-state index is 12.8. The Morgan fingerprint density at radius 1 is 1.03 bits per heavy atom. The van der Waals surface area contributed by atoms with Crippen molar-refractivity contribution in [3.8, 4) is 0 Å². The summed E-state index contributed by atoms with van der Waals surface area (Å²) in [6.07, 6.45) is 9.42. The fraction of sp³-hybridized carbons (Fsp3) is 0.750. The van der Waals surface area contributed by atoms with Crippen molar-refractivity contribution in [2.45, 2.75) is 104 Å². The number of fused-ring (bicyclic) bond motifs is 5. The van der Waals surface area contributed by atoms with Gasteiger partial charge in [0.25, 0.3) is 0 Å². The van der Waals surface area contributed by atoms with Crippen LogP contribution in [0.15, 0.2) is 24.3 Å². The fourth-order valence-corrected chi connectivity index (χ4v) is 9.77. The maximum absolute atomic E-state index is 12.8. The fourth-order valence-electron chi connectivity index (χ4n) is 9.77. The van der Waals surface area contributed by atoms with Gasteiger partial charge >= 0.3 is 0 Å². The van der Waals surface area contributed by atoms with Gasteiger partial charge in [-0.05, 0) is 123 Å². The van der Waals surface area contributed by atoms with Gasteiger partial charge in [-0.15, -0.1) is 0 Å². The highest BCUT2D eigenvalue weighted by atomic mass is 16.3. The van der Waals surface area contributed by atoms with E-state index >= 15 is 0 Å². The normalized spacial score (nSPS) is 41.7. The van der Waals surface area contributed by atoms with Gasteiger partial charge in [0.05, 0.1) is 12.2 Å². The van der Waals surface area contributed by atoms with Gasteiger partial charge in [0.1, 0.15) is 0 Å². The minimum atomic E-state index is -0.247. The van der Waals surface area contributed by atoms with Crippen molar-refractivity contribution in [1.29, 1.82) is 0 Å². The van der Waals surface area contributed by atoms with Crippen molar-refractivity contribution in [1.82, 2.24) is 0 Å². The van der Waals surface area contributed by atoms with E-state index in [2.05, 4.69) is 26.1 Å². The topological polar surface area (TPSA) is 86.6 Å². The number of amides is 1. The van der Waals surface area contributed by atoms with E-state index in [0.29, 0.717) is 53.2 Å².